The molecule has 1 atom stereocenters. The zero-order valence-corrected chi connectivity index (χ0v) is 14.4. The van der Waals surface area contributed by atoms with Gasteiger partial charge in [-0.3, -0.25) is 4.99 Å². The summed E-state index contributed by atoms with van der Waals surface area (Å²) in [7, 11) is 3.29. The van der Waals surface area contributed by atoms with E-state index in [1.165, 1.54) is 0 Å². The quantitative estimate of drug-likeness (QED) is 0.766. The summed E-state index contributed by atoms with van der Waals surface area (Å²) in [6.45, 7) is 6.44. The number of methoxy groups -OCH3 is 2. The fraction of sp³-hybridized carbons (Fsp3) is 0.588. The highest BCUT2D eigenvalue weighted by molar-refractivity contribution is 5.81. The van der Waals surface area contributed by atoms with E-state index < -0.39 is 0 Å². The standard InChI is InChI=1S/C17H27N3O3/c1-5-8-23-16-14(21-3)9-13(10-15(16)22-4)6-7-18-17-19-11-12(2)20-17/h9-10,12H,5-8,11H2,1-4H3,(H2,18,19,20). The van der Waals surface area contributed by atoms with Crippen molar-refractivity contribution < 1.29 is 14.2 Å². The van der Waals surface area contributed by atoms with Crippen LogP contribution in [0.1, 0.15) is 25.8 Å². The Bertz CT molecular complexity index is 521. The number of hydrogen-bond donors (Lipinski definition) is 2. The molecule has 1 aliphatic rings. The number of ether oxygens (including phenoxy) is 3. The molecule has 0 amide bonds. The Kier molecular flexibility index (Phi) is 6.38. The van der Waals surface area contributed by atoms with Gasteiger partial charge in [0.2, 0.25) is 5.75 Å². The second-order valence-corrected chi connectivity index (χ2v) is 5.59. The van der Waals surface area contributed by atoms with Crippen molar-refractivity contribution in [2.24, 2.45) is 4.99 Å². The minimum absolute atomic E-state index is 0.410. The lowest BCUT2D eigenvalue weighted by atomic mass is 10.1. The number of nitrogens with zero attached hydrogens (tertiary/aromatic N) is 1. The van der Waals surface area contributed by atoms with Crippen LogP contribution in [0.2, 0.25) is 0 Å². The van der Waals surface area contributed by atoms with Crippen molar-refractivity contribution >= 4 is 5.96 Å². The Hall–Kier alpha value is -2.11. The first kappa shape index (κ1) is 17.2. The molecule has 0 saturated carbocycles. The van der Waals surface area contributed by atoms with Crippen molar-refractivity contribution in [2.45, 2.75) is 32.7 Å². The van der Waals surface area contributed by atoms with Crippen LogP contribution in [0.25, 0.3) is 0 Å². The molecule has 2 N–H and O–H groups in total. The second kappa shape index (κ2) is 8.50. The second-order valence-electron chi connectivity index (χ2n) is 5.59. The van der Waals surface area contributed by atoms with Crippen molar-refractivity contribution in [3.05, 3.63) is 17.7 Å². The van der Waals surface area contributed by atoms with Gasteiger partial charge in [0.05, 0.1) is 27.4 Å². The number of guanidine groups is 1. The molecule has 1 unspecified atom stereocenters. The van der Waals surface area contributed by atoms with Crippen molar-refractivity contribution in [1.29, 1.82) is 0 Å². The monoisotopic (exact) mass is 321 g/mol. The van der Waals surface area contributed by atoms with E-state index in [0.29, 0.717) is 29.9 Å². The third kappa shape index (κ3) is 4.68. The summed E-state index contributed by atoms with van der Waals surface area (Å²) in [6, 6.07) is 4.41. The van der Waals surface area contributed by atoms with Gasteiger partial charge in [-0.2, -0.15) is 0 Å². The Morgan fingerprint density at radius 2 is 1.96 bits per heavy atom. The van der Waals surface area contributed by atoms with E-state index in [1.807, 2.05) is 12.1 Å². The molecule has 1 aliphatic heterocycles. The first-order valence-corrected chi connectivity index (χ1v) is 8.10. The van der Waals surface area contributed by atoms with Gasteiger partial charge in [0.25, 0.3) is 0 Å². The maximum absolute atomic E-state index is 5.76. The van der Waals surface area contributed by atoms with Crippen molar-refractivity contribution in [1.82, 2.24) is 10.6 Å². The van der Waals surface area contributed by atoms with Crippen LogP contribution in [0.3, 0.4) is 0 Å². The Morgan fingerprint density at radius 3 is 2.48 bits per heavy atom. The van der Waals surface area contributed by atoms with E-state index in [0.717, 1.165) is 37.5 Å². The van der Waals surface area contributed by atoms with E-state index in [4.69, 9.17) is 14.2 Å². The molecule has 6 nitrogen and oxygen atoms in total. The Morgan fingerprint density at radius 1 is 1.26 bits per heavy atom. The summed E-state index contributed by atoms with van der Waals surface area (Å²) in [5, 5.41) is 6.60. The molecule has 0 aromatic heterocycles. The maximum Gasteiger partial charge on any atom is 0.203 e. The molecule has 0 spiro atoms. The normalized spacial score (nSPS) is 16.5. The number of nitrogens with one attached hydrogen (secondary N) is 2. The molecular weight excluding hydrogens is 294 g/mol. The summed E-state index contributed by atoms with van der Waals surface area (Å²) in [6.07, 6.45) is 1.78. The number of aliphatic imine (C=N–C) groups is 1. The van der Waals surface area contributed by atoms with Crippen LogP contribution in [0.15, 0.2) is 17.1 Å². The van der Waals surface area contributed by atoms with Gasteiger partial charge in [-0.1, -0.05) is 6.92 Å². The van der Waals surface area contributed by atoms with Gasteiger partial charge in [0, 0.05) is 12.6 Å². The summed E-state index contributed by atoms with van der Waals surface area (Å²) < 4.78 is 16.7. The van der Waals surface area contributed by atoms with Crippen LogP contribution < -0.4 is 24.8 Å². The summed E-state index contributed by atoms with van der Waals surface area (Å²) >= 11 is 0. The topological polar surface area (TPSA) is 64.1 Å². The molecular formula is C17H27N3O3. The van der Waals surface area contributed by atoms with Crippen LogP contribution in [0.5, 0.6) is 17.2 Å². The Labute approximate surface area is 138 Å². The lowest BCUT2D eigenvalue weighted by Crippen LogP contribution is -2.38. The van der Waals surface area contributed by atoms with E-state index in [-0.39, 0.29) is 0 Å². The van der Waals surface area contributed by atoms with E-state index >= 15 is 0 Å². The molecule has 23 heavy (non-hydrogen) atoms. The smallest absolute Gasteiger partial charge is 0.203 e. The molecule has 2 rings (SSSR count). The predicted molar refractivity (Wildman–Crippen MR) is 91.9 cm³/mol. The number of hydrogen-bond acceptors (Lipinski definition) is 6. The van der Waals surface area contributed by atoms with Crippen molar-refractivity contribution in [3.8, 4) is 17.2 Å². The summed E-state index contributed by atoms with van der Waals surface area (Å²) in [5.41, 5.74) is 1.13. The third-order valence-corrected chi connectivity index (χ3v) is 3.58. The van der Waals surface area contributed by atoms with E-state index in [2.05, 4.69) is 29.5 Å². The highest BCUT2D eigenvalue weighted by atomic mass is 16.5. The molecule has 1 heterocycles. The average Bonchev–Trinajstić information content (AvgIpc) is 2.98. The summed E-state index contributed by atoms with van der Waals surface area (Å²) in [4.78, 5) is 4.39. The maximum atomic E-state index is 5.76. The first-order chi connectivity index (χ1) is 11.2. The fourth-order valence-corrected chi connectivity index (χ4v) is 2.41. The number of rotatable bonds is 8. The average molecular weight is 321 g/mol. The zero-order valence-electron chi connectivity index (χ0n) is 14.4. The van der Waals surface area contributed by atoms with Crippen LogP contribution in [-0.2, 0) is 6.42 Å². The molecule has 6 heteroatoms. The zero-order chi connectivity index (χ0) is 16.7. The molecule has 0 bridgehead atoms. The fourth-order valence-electron chi connectivity index (χ4n) is 2.41. The molecule has 1 aromatic rings. The van der Waals surface area contributed by atoms with Gasteiger partial charge in [0.1, 0.15) is 0 Å². The SMILES string of the molecule is CCCOc1c(OC)cc(CCNC2=NCC(C)N2)cc1OC. The lowest BCUT2D eigenvalue weighted by molar-refractivity contribution is 0.274. The van der Waals surface area contributed by atoms with Gasteiger partial charge in [-0.05, 0) is 37.5 Å². The van der Waals surface area contributed by atoms with Crippen LogP contribution in [-0.4, -0.2) is 45.9 Å². The molecule has 0 fully saturated rings. The van der Waals surface area contributed by atoms with Gasteiger partial charge >= 0.3 is 0 Å². The van der Waals surface area contributed by atoms with Crippen molar-refractivity contribution in [3.63, 3.8) is 0 Å². The molecule has 1 aromatic carbocycles. The minimum atomic E-state index is 0.410. The minimum Gasteiger partial charge on any atom is -0.493 e. The Balaban J connectivity index is 2.01. The first-order valence-electron chi connectivity index (χ1n) is 8.10. The molecule has 0 radical (unpaired) electrons. The van der Waals surface area contributed by atoms with Gasteiger partial charge in [-0.15, -0.1) is 0 Å². The van der Waals surface area contributed by atoms with Crippen LogP contribution in [0, 0.1) is 0 Å². The molecule has 0 aliphatic carbocycles. The van der Waals surface area contributed by atoms with Crippen molar-refractivity contribution in [2.75, 3.05) is 33.9 Å². The highest BCUT2D eigenvalue weighted by Crippen LogP contribution is 2.38. The number of benzene rings is 1. The van der Waals surface area contributed by atoms with E-state index in [1.54, 1.807) is 14.2 Å². The lowest BCUT2D eigenvalue weighted by Gasteiger charge is -2.16. The largest absolute Gasteiger partial charge is 0.493 e. The van der Waals surface area contributed by atoms with Gasteiger partial charge in [-0.25, -0.2) is 0 Å². The predicted octanol–water partition coefficient (Wildman–Crippen LogP) is 1.97. The molecule has 0 saturated heterocycles. The third-order valence-electron chi connectivity index (χ3n) is 3.58. The highest BCUT2D eigenvalue weighted by Gasteiger charge is 2.15. The van der Waals surface area contributed by atoms with Gasteiger partial charge < -0.3 is 24.8 Å². The van der Waals surface area contributed by atoms with Crippen LogP contribution in [0.4, 0.5) is 0 Å². The summed E-state index contributed by atoms with van der Waals surface area (Å²) in [5.74, 6) is 2.96. The van der Waals surface area contributed by atoms with E-state index in [9.17, 15) is 0 Å². The van der Waals surface area contributed by atoms with Crippen LogP contribution >= 0.6 is 0 Å². The van der Waals surface area contributed by atoms with Gasteiger partial charge in [0.15, 0.2) is 17.5 Å². The molecule has 128 valence electrons.